The monoisotopic (exact) mass is 947 g/mol. The van der Waals surface area contributed by atoms with E-state index in [4.69, 9.17) is 21.1 Å². The summed E-state index contributed by atoms with van der Waals surface area (Å²) in [4.78, 5) is 75.6. The fourth-order valence-electron chi connectivity index (χ4n) is 4.91. The van der Waals surface area contributed by atoms with E-state index in [2.05, 4.69) is 11.9 Å². The van der Waals surface area contributed by atoms with Gasteiger partial charge < -0.3 is 9.47 Å². The van der Waals surface area contributed by atoms with E-state index in [1.807, 2.05) is 97.2 Å². The summed E-state index contributed by atoms with van der Waals surface area (Å²) in [6, 6.07) is 52.3. The Kier molecular flexibility index (Phi) is 28.8. The van der Waals surface area contributed by atoms with Gasteiger partial charge in [-0.3, -0.25) is 38.5 Å². The Hall–Kier alpha value is -8.25. The van der Waals surface area contributed by atoms with Gasteiger partial charge >= 0.3 is 0 Å². The van der Waals surface area contributed by atoms with Gasteiger partial charge in [0.1, 0.15) is 55.0 Å². The summed E-state index contributed by atoms with van der Waals surface area (Å²) in [6.07, 6.45) is 9.94. The molecule has 0 aliphatic carbocycles. The molecule has 0 N–H and O–H groups in total. The first-order valence-electron chi connectivity index (χ1n) is 20.6. The Morgan fingerprint density at radius 2 is 0.971 bits per heavy atom. The summed E-state index contributed by atoms with van der Waals surface area (Å²) in [5, 5.41) is 2.48. The van der Waals surface area contributed by atoms with E-state index in [9.17, 15) is 33.6 Å². The van der Waals surface area contributed by atoms with Crippen LogP contribution >= 0.6 is 22.9 Å². The molecule has 0 saturated heterocycles. The van der Waals surface area contributed by atoms with Gasteiger partial charge in [-0.25, -0.2) is 0 Å². The quantitative estimate of drug-likeness (QED) is 0.115. The summed E-state index contributed by atoms with van der Waals surface area (Å²) >= 11 is 7.02. The molecule has 0 aliphatic heterocycles. The number of pyridine rings is 1. The zero-order chi connectivity index (χ0) is 49.6. The highest BCUT2D eigenvalue weighted by molar-refractivity contribution is 7.11. The van der Waals surface area contributed by atoms with Gasteiger partial charge in [-0.05, 0) is 109 Å². The standard InChI is InChI=1S/C13H10O2.C9H10O.C8H8O2.C8H8O.C7H5ClO.C6H5NO.C5H4OS/c14-10-11-5-4-8-13(9-11)15-12-6-2-1-3-7-12;1-2-8-3-5-9(7-10)6-4-8;1-10-8-4-2-7(6-9)3-5-8;1-7-3-2-4-8(5-7)6-9;8-7-3-1-2-6(4-7)5-9;8-5-6-1-3-7-4-2-6;6-4-5-2-1-3-7-5/h1-10H;3-7H,2H2,1H3;2-6H,1H3;2-6H,1H3;1-5H;1-5H;1-4H. The van der Waals surface area contributed by atoms with Crippen molar-refractivity contribution in [1.29, 1.82) is 0 Å². The van der Waals surface area contributed by atoms with E-state index < -0.39 is 0 Å². The Labute approximate surface area is 405 Å². The number of aromatic nitrogens is 1. The molecule has 6 aromatic carbocycles. The van der Waals surface area contributed by atoms with Crippen LogP contribution in [0.4, 0.5) is 0 Å². The minimum atomic E-state index is 0.597. The molecular formula is C56H50ClNO9S. The van der Waals surface area contributed by atoms with Crippen LogP contribution < -0.4 is 9.47 Å². The molecule has 8 aromatic rings. The molecular weight excluding hydrogens is 898 g/mol. The topological polar surface area (TPSA) is 151 Å². The molecule has 0 aliphatic rings. The lowest BCUT2D eigenvalue weighted by molar-refractivity contribution is 0.111. The van der Waals surface area contributed by atoms with Crippen molar-refractivity contribution < 1.29 is 43.0 Å². The number of methoxy groups -OCH3 is 1. The summed E-state index contributed by atoms with van der Waals surface area (Å²) < 4.78 is 10.5. The predicted octanol–water partition coefficient (Wildman–Crippen LogP) is 13.3. The number of hydrogen-bond acceptors (Lipinski definition) is 11. The second-order valence-electron chi connectivity index (χ2n) is 13.4. The number of benzene rings is 6. The summed E-state index contributed by atoms with van der Waals surface area (Å²) in [5.41, 5.74) is 6.45. The van der Waals surface area contributed by atoms with Crippen LogP contribution in [0.25, 0.3) is 0 Å². The van der Waals surface area contributed by atoms with Crippen LogP contribution in [0.1, 0.15) is 89.9 Å². The number of rotatable bonds is 11. The van der Waals surface area contributed by atoms with Crippen molar-refractivity contribution in [1.82, 2.24) is 4.98 Å². The minimum Gasteiger partial charge on any atom is -0.497 e. The van der Waals surface area contributed by atoms with Crippen LogP contribution in [0.15, 0.2) is 194 Å². The molecule has 8 rings (SSSR count). The maximum Gasteiger partial charge on any atom is 0.159 e. The molecule has 2 heterocycles. The fourth-order valence-corrected chi connectivity index (χ4v) is 5.64. The number of halogens is 1. The zero-order valence-corrected chi connectivity index (χ0v) is 39.2. The lowest BCUT2D eigenvalue weighted by Crippen LogP contribution is -1.85. The second-order valence-corrected chi connectivity index (χ2v) is 14.9. The van der Waals surface area contributed by atoms with Crippen molar-refractivity contribution in [2.45, 2.75) is 20.3 Å². The van der Waals surface area contributed by atoms with Crippen molar-refractivity contribution in [3.8, 4) is 17.2 Å². The molecule has 2 aromatic heterocycles. The molecule has 10 nitrogen and oxygen atoms in total. The molecule has 0 radical (unpaired) electrons. The lowest BCUT2D eigenvalue weighted by atomic mass is 10.1. The second kappa shape index (κ2) is 35.1. The van der Waals surface area contributed by atoms with Gasteiger partial charge in [0, 0.05) is 50.8 Å². The number of aldehydes is 7. The third kappa shape index (κ3) is 24.7. The van der Waals surface area contributed by atoms with Crippen LogP contribution in [-0.2, 0) is 6.42 Å². The van der Waals surface area contributed by atoms with Crippen molar-refractivity contribution in [2.75, 3.05) is 7.11 Å². The van der Waals surface area contributed by atoms with E-state index >= 15 is 0 Å². The first kappa shape index (κ1) is 55.9. The normalized spacial score (nSPS) is 9.06. The molecule has 68 heavy (non-hydrogen) atoms. The van der Waals surface area contributed by atoms with E-state index in [1.165, 1.54) is 16.9 Å². The van der Waals surface area contributed by atoms with Gasteiger partial charge in [0.2, 0.25) is 0 Å². The third-order valence-electron chi connectivity index (χ3n) is 8.41. The molecule has 346 valence electrons. The largest absolute Gasteiger partial charge is 0.497 e. The van der Waals surface area contributed by atoms with Gasteiger partial charge in [-0.2, -0.15) is 0 Å². The number of hydrogen-bond donors (Lipinski definition) is 0. The molecule has 0 atom stereocenters. The van der Waals surface area contributed by atoms with E-state index in [0.717, 1.165) is 83.5 Å². The maximum absolute atomic E-state index is 10.6. The number of ether oxygens (including phenoxy) is 2. The highest BCUT2D eigenvalue weighted by atomic mass is 35.5. The average Bonchev–Trinajstić information content (AvgIpc) is 3.95. The molecule has 0 spiro atoms. The molecule has 0 saturated carbocycles. The van der Waals surface area contributed by atoms with Gasteiger partial charge in [-0.15, -0.1) is 11.3 Å². The lowest BCUT2D eigenvalue weighted by Gasteiger charge is -2.04. The van der Waals surface area contributed by atoms with Crippen molar-refractivity contribution in [2.24, 2.45) is 0 Å². The Morgan fingerprint density at radius 3 is 1.40 bits per heavy atom. The van der Waals surface area contributed by atoms with Gasteiger partial charge in [-0.1, -0.05) is 115 Å². The molecule has 0 bridgehead atoms. The van der Waals surface area contributed by atoms with Crippen LogP contribution in [0.3, 0.4) is 0 Å². The minimum absolute atomic E-state index is 0.597. The van der Waals surface area contributed by atoms with Crippen molar-refractivity contribution in [3.05, 3.63) is 248 Å². The SMILES string of the molecule is CCc1ccc(C=O)cc1.COc1ccc(C=O)cc1.Cc1cccc(C=O)c1.O=Cc1cccc(Cl)c1.O=Cc1cccc(Oc2ccccc2)c1.O=Cc1cccs1.O=Cc1ccncc1. The van der Waals surface area contributed by atoms with E-state index in [-0.39, 0.29) is 0 Å². The van der Waals surface area contributed by atoms with Crippen molar-refractivity contribution >= 4 is 66.9 Å². The van der Waals surface area contributed by atoms with Crippen LogP contribution in [-0.4, -0.2) is 56.1 Å². The highest BCUT2D eigenvalue weighted by Gasteiger charge is 1.97. The van der Waals surface area contributed by atoms with Crippen LogP contribution in [0.5, 0.6) is 17.2 Å². The predicted molar refractivity (Wildman–Crippen MR) is 271 cm³/mol. The van der Waals surface area contributed by atoms with Crippen LogP contribution in [0, 0.1) is 6.92 Å². The summed E-state index contributed by atoms with van der Waals surface area (Å²) in [5.74, 6) is 2.21. The summed E-state index contributed by atoms with van der Waals surface area (Å²) in [6.45, 7) is 4.06. The number of carbonyl (C=O) groups is 7. The Morgan fingerprint density at radius 1 is 0.471 bits per heavy atom. The molecule has 0 amide bonds. The number of carbonyl (C=O) groups excluding carboxylic acids is 7. The van der Waals surface area contributed by atoms with Crippen molar-refractivity contribution in [3.63, 3.8) is 0 Å². The molecule has 0 unspecified atom stereocenters. The van der Waals surface area contributed by atoms with Gasteiger partial charge in [0.15, 0.2) is 6.29 Å². The number of nitrogens with zero attached hydrogens (tertiary/aromatic N) is 1. The molecule has 0 fully saturated rings. The first-order chi connectivity index (χ1) is 33.1. The smallest absolute Gasteiger partial charge is 0.159 e. The maximum atomic E-state index is 10.6. The number of para-hydroxylation sites is 1. The Bertz CT molecular complexity index is 2560. The zero-order valence-electron chi connectivity index (χ0n) is 37.6. The average molecular weight is 949 g/mol. The third-order valence-corrected chi connectivity index (χ3v) is 9.45. The Balaban J connectivity index is 0.000000276. The summed E-state index contributed by atoms with van der Waals surface area (Å²) in [7, 11) is 1.59. The highest BCUT2D eigenvalue weighted by Crippen LogP contribution is 2.21. The molecule has 12 heteroatoms. The number of aryl methyl sites for hydroxylation is 2. The van der Waals surface area contributed by atoms with E-state index in [0.29, 0.717) is 33.0 Å². The van der Waals surface area contributed by atoms with E-state index in [1.54, 1.807) is 110 Å². The van der Waals surface area contributed by atoms with Gasteiger partial charge in [0.25, 0.3) is 0 Å². The fraction of sp³-hybridized carbons (Fsp3) is 0.0714. The number of thiophene rings is 1. The first-order valence-corrected chi connectivity index (χ1v) is 21.9. The van der Waals surface area contributed by atoms with Crippen LogP contribution in [0.2, 0.25) is 5.02 Å². The van der Waals surface area contributed by atoms with Gasteiger partial charge in [0.05, 0.1) is 12.0 Å².